The van der Waals surface area contributed by atoms with Crippen LogP contribution in [-0.2, 0) is 14.8 Å². The molecule has 17 heavy (non-hydrogen) atoms. The van der Waals surface area contributed by atoms with Crippen molar-refractivity contribution in [3.63, 3.8) is 0 Å². The molecule has 0 aliphatic carbocycles. The number of rotatable bonds is 4. The molecule has 1 rings (SSSR count). The summed E-state index contributed by atoms with van der Waals surface area (Å²) >= 11 is 0. The molecule has 0 saturated carbocycles. The minimum atomic E-state index is -4.20. The molecule has 0 atom stereocenters. The van der Waals surface area contributed by atoms with Crippen LogP contribution in [0.1, 0.15) is 10.4 Å². The molecule has 0 aliphatic heterocycles. The van der Waals surface area contributed by atoms with E-state index in [1.807, 2.05) is 0 Å². The van der Waals surface area contributed by atoms with E-state index < -0.39 is 20.9 Å². The van der Waals surface area contributed by atoms with Crippen LogP contribution in [0.2, 0.25) is 0 Å². The van der Waals surface area contributed by atoms with Gasteiger partial charge < -0.3 is 9.94 Å². The zero-order valence-corrected chi connectivity index (χ0v) is 9.39. The second kappa shape index (κ2) is 4.99. The third kappa shape index (κ3) is 2.84. The van der Waals surface area contributed by atoms with Crippen molar-refractivity contribution >= 4 is 21.7 Å². The molecule has 0 aromatic heterocycles. The number of nitrogens with zero attached hydrogens (tertiary/aromatic N) is 1. The Bertz CT molecular complexity index is 553. The second-order valence-corrected chi connectivity index (χ2v) is 4.55. The number of hydrogen-bond acceptors (Lipinski definition) is 7. The average molecular weight is 260 g/mol. The molecule has 2 N–H and O–H groups in total. The Morgan fingerprint density at radius 3 is 2.53 bits per heavy atom. The van der Waals surface area contributed by atoms with Gasteiger partial charge in [0, 0.05) is 0 Å². The van der Waals surface area contributed by atoms with Gasteiger partial charge in [-0.15, -0.1) is 4.91 Å². The predicted molar refractivity (Wildman–Crippen MR) is 55.3 cm³/mol. The molecular weight excluding hydrogens is 252 g/mol. The maximum atomic E-state index is 11.3. The Hall–Kier alpha value is -1.84. The summed E-state index contributed by atoms with van der Waals surface area (Å²) in [5, 5.41) is 11.0. The number of hydrogen-bond donors (Lipinski definition) is 2. The third-order valence-electron chi connectivity index (χ3n) is 1.85. The fourth-order valence-corrected chi connectivity index (χ4v) is 1.74. The van der Waals surface area contributed by atoms with Crippen molar-refractivity contribution in [2.75, 3.05) is 7.11 Å². The van der Waals surface area contributed by atoms with Crippen LogP contribution < -0.4 is 4.89 Å². The van der Waals surface area contributed by atoms with Crippen LogP contribution in [-0.4, -0.2) is 26.7 Å². The molecule has 1 aromatic rings. The molecular formula is C8H8N2O6S. The van der Waals surface area contributed by atoms with Crippen LogP contribution in [0.25, 0.3) is 0 Å². The zero-order chi connectivity index (χ0) is 13.1. The summed E-state index contributed by atoms with van der Waals surface area (Å²) < 4.78 is 26.9. The van der Waals surface area contributed by atoms with Crippen molar-refractivity contribution in [3.05, 3.63) is 28.7 Å². The molecule has 0 saturated heterocycles. The highest BCUT2D eigenvalue weighted by molar-refractivity contribution is 7.89. The van der Waals surface area contributed by atoms with E-state index in [4.69, 9.17) is 5.21 Å². The van der Waals surface area contributed by atoms with Gasteiger partial charge in [-0.2, -0.15) is 0 Å². The number of nitrogens with one attached hydrogen (secondary N) is 1. The SMILES string of the molecule is COC(=O)c1cc(N=O)cc(S(=O)(=O)NO)c1. The lowest BCUT2D eigenvalue weighted by Crippen LogP contribution is -2.19. The van der Waals surface area contributed by atoms with Crippen molar-refractivity contribution in [2.24, 2.45) is 5.18 Å². The van der Waals surface area contributed by atoms with Crippen LogP contribution >= 0.6 is 0 Å². The number of esters is 1. The minimum Gasteiger partial charge on any atom is -0.465 e. The van der Waals surface area contributed by atoms with Gasteiger partial charge in [-0.1, -0.05) is 4.89 Å². The first-order valence-electron chi connectivity index (χ1n) is 4.17. The number of nitroso groups, excluding NO2 is 1. The Morgan fingerprint density at radius 1 is 1.41 bits per heavy atom. The van der Waals surface area contributed by atoms with Gasteiger partial charge in [-0.3, -0.25) is 0 Å². The zero-order valence-electron chi connectivity index (χ0n) is 8.58. The topological polar surface area (TPSA) is 122 Å². The van der Waals surface area contributed by atoms with Crippen LogP contribution in [0.4, 0.5) is 5.69 Å². The Balaban J connectivity index is 3.43. The maximum Gasteiger partial charge on any atom is 0.337 e. The van der Waals surface area contributed by atoms with Crippen LogP contribution in [0.3, 0.4) is 0 Å². The lowest BCUT2D eigenvalue weighted by molar-refractivity contribution is 0.0600. The first kappa shape index (κ1) is 13.2. The lowest BCUT2D eigenvalue weighted by Gasteiger charge is -2.04. The standard InChI is InChI=1S/C8H8N2O6S/c1-16-8(11)5-2-6(9-12)4-7(3-5)17(14,15)10-13/h2-4,10,13H,1H3. The lowest BCUT2D eigenvalue weighted by atomic mass is 10.2. The number of sulfonamides is 1. The minimum absolute atomic E-state index is 0.168. The van der Waals surface area contributed by atoms with E-state index in [0.717, 1.165) is 30.2 Å². The van der Waals surface area contributed by atoms with E-state index in [2.05, 4.69) is 9.91 Å². The molecule has 0 heterocycles. The summed E-state index contributed by atoms with van der Waals surface area (Å²) in [7, 11) is -3.10. The monoisotopic (exact) mass is 260 g/mol. The van der Waals surface area contributed by atoms with Crippen molar-refractivity contribution in [2.45, 2.75) is 4.90 Å². The summed E-state index contributed by atoms with van der Waals surface area (Å²) in [6.07, 6.45) is 0. The van der Waals surface area contributed by atoms with E-state index in [1.165, 1.54) is 0 Å². The van der Waals surface area contributed by atoms with Crippen LogP contribution in [0.15, 0.2) is 28.3 Å². The molecule has 1 aromatic carbocycles. The molecule has 0 aliphatic rings. The van der Waals surface area contributed by atoms with Gasteiger partial charge in [-0.05, 0) is 23.4 Å². The van der Waals surface area contributed by atoms with Crippen molar-refractivity contribution in [1.29, 1.82) is 0 Å². The third-order valence-corrected chi connectivity index (χ3v) is 2.94. The summed E-state index contributed by atoms with van der Waals surface area (Å²) in [5.41, 5.74) is -0.444. The molecule has 0 unspecified atom stereocenters. The fraction of sp³-hybridized carbons (Fsp3) is 0.125. The largest absolute Gasteiger partial charge is 0.465 e. The van der Waals surface area contributed by atoms with E-state index in [-0.39, 0.29) is 11.3 Å². The summed E-state index contributed by atoms with van der Waals surface area (Å²) in [4.78, 5) is 22.2. The Labute approximate surface area is 96.2 Å². The molecule has 92 valence electrons. The van der Waals surface area contributed by atoms with Gasteiger partial charge in [0.05, 0.1) is 17.6 Å². The van der Waals surface area contributed by atoms with Gasteiger partial charge in [-0.25, -0.2) is 13.2 Å². The van der Waals surface area contributed by atoms with Crippen molar-refractivity contribution in [1.82, 2.24) is 4.89 Å². The summed E-state index contributed by atoms with van der Waals surface area (Å²) in [5.74, 6) is -0.829. The average Bonchev–Trinajstić information content (AvgIpc) is 2.37. The highest BCUT2D eigenvalue weighted by Gasteiger charge is 2.18. The van der Waals surface area contributed by atoms with Crippen LogP contribution in [0, 0.1) is 4.91 Å². The summed E-state index contributed by atoms with van der Waals surface area (Å²) in [6.45, 7) is 0. The van der Waals surface area contributed by atoms with E-state index in [0.29, 0.717) is 0 Å². The number of ether oxygens (including phenoxy) is 1. The fourth-order valence-electron chi connectivity index (χ4n) is 1.08. The Kier molecular flexibility index (Phi) is 3.89. The summed E-state index contributed by atoms with van der Waals surface area (Å²) in [6, 6.07) is 2.91. The molecule has 8 nitrogen and oxygen atoms in total. The number of carbonyl (C=O) groups excluding carboxylic acids is 1. The number of benzene rings is 1. The van der Waals surface area contributed by atoms with Gasteiger partial charge in [0.1, 0.15) is 5.69 Å². The normalized spacial score (nSPS) is 10.9. The van der Waals surface area contributed by atoms with Crippen molar-refractivity contribution in [3.8, 4) is 0 Å². The first-order valence-corrected chi connectivity index (χ1v) is 5.65. The van der Waals surface area contributed by atoms with Gasteiger partial charge in [0.2, 0.25) is 0 Å². The quantitative estimate of drug-likeness (QED) is 0.462. The smallest absolute Gasteiger partial charge is 0.337 e. The van der Waals surface area contributed by atoms with E-state index >= 15 is 0 Å². The highest BCUT2D eigenvalue weighted by atomic mass is 32.2. The maximum absolute atomic E-state index is 11.3. The van der Waals surface area contributed by atoms with Gasteiger partial charge in [0.15, 0.2) is 0 Å². The molecule has 0 spiro atoms. The predicted octanol–water partition coefficient (Wildman–Crippen LogP) is 0.539. The molecule has 0 radical (unpaired) electrons. The second-order valence-electron chi connectivity index (χ2n) is 2.89. The van der Waals surface area contributed by atoms with E-state index in [1.54, 1.807) is 0 Å². The Morgan fingerprint density at radius 2 is 2.06 bits per heavy atom. The molecule has 0 amide bonds. The van der Waals surface area contributed by atoms with E-state index in [9.17, 15) is 18.1 Å². The molecule has 0 bridgehead atoms. The first-order chi connectivity index (χ1) is 7.94. The number of carbonyl (C=O) groups is 1. The molecule has 0 fully saturated rings. The van der Waals surface area contributed by atoms with Crippen molar-refractivity contribution < 1.29 is 23.2 Å². The van der Waals surface area contributed by atoms with Crippen LogP contribution in [0.5, 0.6) is 0 Å². The van der Waals surface area contributed by atoms with Gasteiger partial charge in [0.25, 0.3) is 10.0 Å². The molecule has 9 heteroatoms. The van der Waals surface area contributed by atoms with Gasteiger partial charge >= 0.3 is 5.97 Å². The highest BCUT2D eigenvalue weighted by Crippen LogP contribution is 2.21. The number of methoxy groups -OCH3 is 1.